The first-order valence-electron chi connectivity index (χ1n) is 10.9. The predicted molar refractivity (Wildman–Crippen MR) is 132 cm³/mol. The van der Waals surface area contributed by atoms with E-state index < -0.39 is 10.8 Å². The molecule has 0 spiro atoms. The lowest BCUT2D eigenvalue weighted by molar-refractivity contribution is 0.0952. The number of carbonyl (C=O) groups excluding carboxylic acids is 1. The van der Waals surface area contributed by atoms with Gasteiger partial charge in [0.25, 0.3) is 5.91 Å². The van der Waals surface area contributed by atoms with Gasteiger partial charge in [0.05, 0.1) is 15.9 Å². The van der Waals surface area contributed by atoms with Crippen molar-refractivity contribution >= 4 is 43.2 Å². The van der Waals surface area contributed by atoms with Gasteiger partial charge in [-0.1, -0.05) is 35.1 Å². The van der Waals surface area contributed by atoms with Crippen LogP contribution in [-0.2, 0) is 10.8 Å². The van der Waals surface area contributed by atoms with Gasteiger partial charge in [0.15, 0.2) is 4.96 Å². The molecular weight excluding hydrogens is 440 g/mol. The van der Waals surface area contributed by atoms with Gasteiger partial charge in [0, 0.05) is 59.3 Å². The van der Waals surface area contributed by atoms with E-state index in [1.54, 1.807) is 11.3 Å². The Morgan fingerprint density at radius 3 is 2.84 bits per heavy atom. The minimum atomic E-state index is -0.644. The Morgan fingerprint density at radius 1 is 1.19 bits per heavy atom. The third-order valence-corrected chi connectivity index (χ3v) is 8.17. The molecule has 1 N–H and O–H groups in total. The monoisotopic (exact) mass is 466 g/mol. The number of fused-ring (bicyclic) bond motifs is 3. The number of amides is 1. The Morgan fingerprint density at radius 2 is 2.03 bits per heavy atom. The van der Waals surface area contributed by atoms with Crippen LogP contribution >= 0.6 is 11.3 Å². The highest BCUT2D eigenvalue weighted by atomic mass is 32.2. The number of aryl methyl sites for hydroxylation is 1. The molecule has 0 saturated carbocycles. The SMILES string of the molecule is Cc1cccc(-c2cn3c(n2)sc2cc(C(=O)NCCCN4CCS(=O)CC4)ccc23)c1. The Balaban J connectivity index is 1.24. The Bertz CT molecular complexity index is 1300. The molecule has 1 fully saturated rings. The molecule has 2 aromatic carbocycles. The van der Waals surface area contributed by atoms with E-state index in [1.165, 1.54) is 5.56 Å². The molecule has 5 rings (SSSR count). The number of imidazole rings is 1. The number of benzene rings is 2. The standard InChI is InChI=1S/C24H26N4O2S2/c1-17-4-2-5-18(14-17)20-16-28-21-7-6-19(15-22(21)31-24(28)26-20)23(29)25-8-3-9-27-10-12-32(30)13-11-27/h2,4-7,14-16H,3,8-13H2,1H3,(H,25,29). The summed E-state index contributed by atoms with van der Waals surface area (Å²) in [7, 11) is -0.644. The Hall–Kier alpha value is -2.55. The average molecular weight is 467 g/mol. The van der Waals surface area contributed by atoms with E-state index in [0.29, 0.717) is 12.1 Å². The Kier molecular flexibility index (Phi) is 6.08. The minimum Gasteiger partial charge on any atom is -0.352 e. The number of nitrogens with one attached hydrogen (secondary N) is 1. The van der Waals surface area contributed by atoms with Crippen LogP contribution < -0.4 is 5.32 Å². The summed E-state index contributed by atoms with van der Waals surface area (Å²) in [5.74, 6) is 1.49. The number of rotatable bonds is 6. The van der Waals surface area contributed by atoms with Crippen molar-refractivity contribution in [1.82, 2.24) is 19.6 Å². The number of carbonyl (C=O) groups is 1. The Labute approximate surface area is 193 Å². The smallest absolute Gasteiger partial charge is 0.251 e. The highest BCUT2D eigenvalue weighted by Crippen LogP contribution is 2.30. The van der Waals surface area contributed by atoms with Crippen molar-refractivity contribution in [2.75, 3.05) is 37.7 Å². The fraction of sp³-hybridized carbons (Fsp3) is 0.333. The zero-order chi connectivity index (χ0) is 22.1. The van der Waals surface area contributed by atoms with E-state index in [-0.39, 0.29) is 5.91 Å². The van der Waals surface area contributed by atoms with E-state index >= 15 is 0 Å². The van der Waals surface area contributed by atoms with Crippen LogP contribution in [0.4, 0.5) is 0 Å². The van der Waals surface area contributed by atoms with Crippen molar-refractivity contribution in [3.63, 3.8) is 0 Å². The van der Waals surface area contributed by atoms with Crippen LogP contribution in [0.5, 0.6) is 0 Å². The van der Waals surface area contributed by atoms with E-state index in [9.17, 15) is 9.00 Å². The van der Waals surface area contributed by atoms with Crippen LogP contribution in [0.2, 0.25) is 0 Å². The molecule has 0 bridgehead atoms. The highest BCUT2D eigenvalue weighted by molar-refractivity contribution is 7.85. The minimum absolute atomic E-state index is 0.0434. The third-order valence-electron chi connectivity index (χ3n) is 5.88. The molecule has 4 aromatic rings. The molecule has 6 nitrogen and oxygen atoms in total. The van der Waals surface area contributed by atoms with Gasteiger partial charge in [-0.15, -0.1) is 0 Å². The van der Waals surface area contributed by atoms with Gasteiger partial charge in [-0.3, -0.25) is 13.4 Å². The van der Waals surface area contributed by atoms with Crippen molar-refractivity contribution in [3.05, 3.63) is 59.8 Å². The second-order valence-electron chi connectivity index (χ2n) is 8.23. The summed E-state index contributed by atoms with van der Waals surface area (Å²) >= 11 is 1.60. The predicted octanol–water partition coefficient (Wildman–Crippen LogP) is 3.71. The molecule has 1 saturated heterocycles. The molecule has 1 amide bonds. The molecule has 32 heavy (non-hydrogen) atoms. The van der Waals surface area contributed by atoms with Crippen LogP contribution in [-0.4, -0.2) is 62.1 Å². The zero-order valence-corrected chi connectivity index (χ0v) is 19.7. The lowest BCUT2D eigenvalue weighted by Crippen LogP contribution is -2.39. The van der Waals surface area contributed by atoms with Crippen LogP contribution in [0, 0.1) is 6.92 Å². The van der Waals surface area contributed by atoms with Gasteiger partial charge in [-0.05, 0) is 44.2 Å². The summed E-state index contributed by atoms with van der Waals surface area (Å²) < 4.78 is 14.6. The molecular formula is C24H26N4O2S2. The summed E-state index contributed by atoms with van der Waals surface area (Å²) in [5, 5.41) is 3.03. The maximum atomic E-state index is 12.6. The van der Waals surface area contributed by atoms with E-state index in [0.717, 1.165) is 64.0 Å². The first kappa shape index (κ1) is 21.3. The third kappa shape index (κ3) is 4.48. The number of nitrogens with zero attached hydrogens (tertiary/aromatic N) is 3. The fourth-order valence-electron chi connectivity index (χ4n) is 4.09. The molecule has 0 atom stereocenters. The quantitative estimate of drug-likeness (QED) is 0.440. The number of aromatic nitrogens is 2. The molecule has 1 aliphatic rings. The largest absolute Gasteiger partial charge is 0.352 e. The average Bonchev–Trinajstić information content (AvgIpc) is 3.35. The van der Waals surface area contributed by atoms with Gasteiger partial charge < -0.3 is 10.2 Å². The lowest BCUT2D eigenvalue weighted by Gasteiger charge is -2.25. The highest BCUT2D eigenvalue weighted by Gasteiger charge is 2.15. The summed E-state index contributed by atoms with van der Waals surface area (Å²) in [6.45, 7) is 5.44. The molecule has 166 valence electrons. The van der Waals surface area contributed by atoms with E-state index in [2.05, 4.69) is 52.0 Å². The molecule has 3 heterocycles. The summed E-state index contributed by atoms with van der Waals surface area (Å²) in [5.41, 5.74) is 5.03. The molecule has 0 radical (unpaired) electrons. The van der Waals surface area contributed by atoms with Crippen LogP contribution in [0.25, 0.3) is 26.4 Å². The summed E-state index contributed by atoms with van der Waals surface area (Å²) in [6.07, 6.45) is 2.97. The maximum Gasteiger partial charge on any atom is 0.251 e. The number of thiazole rings is 1. The van der Waals surface area contributed by atoms with Crippen LogP contribution in [0.3, 0.4) is 0 Å². The normalized spacial score (nSPS) is 15.5. The first-order chi connectivity index (χ1) is 15.6. The van der Waals surface area contributed by atoms with Gasteiger partial charge >= 0.3 is 0 Å². The van der Waals surface area contributed by atoms with Crippen molar-refractivity contribution in [1.29, 1.82) is 0 Å². The van der Waals surface area contributed by atoms with Crippen LogP contribution in [0.1, 0.15) is 22.3 Å². The van der Waals surface area contributed by atoms with Crippen molar-refractivity contribution in [2.24, 2.45) is 0 Å². The fourth-order valence-corrected chi connectivity index (χ4v) is 6.27. The van der Waals surface area contributed by atoms with Gasteiger partial charge in [0.2, 0.25) is 0 Å². The van der Waals surface area contributed by atoms with Crippen molar-refractivity contribution in [2.45, 2.75) is 13.3 Å². The lowest BCUT2D eigenvalue weighted by atomic mass is 10.1. The first-order valence-corrected chi connectivity index (χ1v) is 13.2. The molecule has 0 aliphatic carbocycles. The second kappa shape index (κ2) is 9.13. The van der Waals surface area contributed by atoms with Gasteiger partial charge in [-0.25, -0.2) is 4.98 Å². The van der Waals surface area contributed by atoms with Gasteiger partial charge in [-0.2, -0.15) is 0 Å². The zero-order valence-electron chi connectivity index (χ0n) is 18.0. The second-order valence-corrected chi connectivity index (χ2v) is 10.9. The maximum absolute atomic E-state index is 12.6. The van der Waals surface area contributed by atoms with Crippen LogP contribution in [0.15, 0.2) is 48.7 Å². The number of hydrogen-bond acceptors (Lipinski definition) is 5. The molecule has 2 aromatic heterocycles. The van der Waals surface area contributed by atoms with Gasteiger partial charge in [0.1, 0.15) is 0 Å². The van der Waals surface area contributed by atoms with Crippen molar-refractivity contribution < 1.29 is 9.00 Å². The topological polar surface area (TPSA) is 66.7 Å². The summed E-state index contributed by atoms with van der Waals surface area (Å²) in [6, 6.07) is 14.2. The number of hydrogen-bond donors (Lipinski definition) is 1. The molecule has 1 aliphatic heterocycles. The molecule has 0 unspecified atom stereocenters. The van der Waals surface area contributed by atoms with E-state index in [4.69, 9.17) is 4.98 Å². The van der Waals surface area contributed by atoms with E-state index in [1.807, 2.05) is 18.2 Å². The summed E-state index contributed by atoms with van der Waals surface area (Å²) in [4.78, 5) is 20.7. The van der Waals surface area contributed by atoms with Crippen molar-refractivity contribution in [3.8, 4) is 11.3 Å². The molecule has 8 heteroatoms.